The van der Waals surface area contributed by atoms with E-state index in [1.807, 2.05) is 13.8 Å². The molecule has 0 aliphatic carbocycles. The molecule has 0 radical (unpaired) electrons. The first kappa shape index (κ1) is 26.2. The van der Waals surface area contributed by atoms with Gasteiger partial charge in [-0.1, -0.05) is 46.8 Å². The minimum absolute atomic E-state index is 0.176. The van der Waals surface area contributed by atoms with E-state index < -0.39 is 18.2 Å². The third-order valence-electron chi connectivity index (χ3n) is 3.26. The van der Waals surface area contributed by atoms with Crippen LogP contribution in [0, 0.1) is 5.41 Å². The standard InChI is InChI=1S/C9H20O2.2C4H6O2/c1-4-6-7-9(3,5-2)8(10)11;2*1-3(2)4(5)6/h8,10-11H,4-7H2,1-3H3;2*1H2,2H3,(H,5,6). The fraction of sp³-hybridized carbons (Fsp3) is 0.647. The van der Waals surface area contributed by atoms with Gasteiger partial charge in [0.15, 0.2) is 6.29 Å². The van der Waals surface area contributed by atoms with Crippen LogP contribution in [0.1, 0.15) is 60.3 Å². The Morgan fingerprint density at radius 3 is 1.43 bits per heavy atom. The Labute approximate surface area is 139 Å². The number of rotatable bonds is 7. The van der Waals surface area contributed by atoms with Crippen molar-refractivity contribution in [3.8, 4) is 0 Å². The van der Waals surface area contributed by atoms with Crippen molar-refractivity contribution in [2.75, 3.05) is 0 Å². The molecular weight excluding hydrogens is 300 g/mol. The highest BCUT2D eigenvalue weighted by Crippen LogP contribution is 2.30. The molecule has 0 saturated carbocycles. The molecule has 23 heavy (non-hydrogen) atoms. The van der Waals surface area contributed by atoms with E-state index in [1.165, 1.54) is 13.8 Å². The van der Waals surface area contributed by atoms with Crippen LogP contribution < -0.4 is 0 Å². The van der Waals surface area contributed by atoms with Crippen LogP contribution in [0.15, 0.2) is 24.3 Å². The quantitative estimate of drug-likeness (QED) is 0.420. The molecule has 1 atom stereocenters. The highest BCUT2D eigenvalue weighted by atomic mass is 16.5. The predicted molar refractivity (Wildman–Crippen MR) is 91.0 cm³/mol. The number of hydrogen-bond donors (Lipinski definition) is 4. The molecule has 0 fully saturated rings. The second kappa shape index (κ2) is 14.0. The molecule has 0 bridgehead atoms. The van der Waals surface area contributed by atoms with Gasteiger partial charge < -0.3 is 20.4 Å². The monoisotopic (exact) mass is 332 g/mol. The second-order valence-electron chi connectivity index (χ2n) is 5.66. The summed E-state index contributed by atoms with van der Waals surface area (Å²) in [5.74, 6) is -1.87. The van der Waals surface area contributed by atoms with Crippen LogP contribution in [0.2, 0.25) is 0 Å². The van der Waals surface area contributed by atoms with Crippen LogP contribution >= 0.6 is 0 Å². The highest BCUT2D eigenvalue weighted by molar-refractivity contribution is 5.85. The van der Waals surface area contributed by atoms with E-state index in [2.05, 4.69) is 20.1 Å². The van der Waals surface area contributed by atoms with E-state index >= 15 is 0 Å². The molecule has 6 nitrogen and oxygen atoms in total. The lowest BCUT2D eigenvalue weighted by atomic mass is 9.82. The minimum Gasteiger partial charge on any atom is -0.478 e. The molecule has 4 N–H and O–H groups in total. The SMILES string of the molecule is C=C(C)C(=O)O.C=C(C)C(=O)O.CCCCC(C)(CC)C(O)O. The summed E-state index contributed by atoms with van der Waals surface area (Å²) in [4.78, 5) is 19.2. The molecule has 136 valence electrons. The Morgan fingerprint density at radius 2 is 1.30 bits per heavy atom. The van der Waals surface area contributed by atoms with Crippen molar-refractivity contribution in [3.05, 3.63) is 24.3 Å². The van der Waals surface area contributed by atoms with Crippen molar-refractivity contribution in [2.45, 2.75) is 66.6 Å². The fourth-order valence-electron chi connectivity index (χ4n) is 1.07. The normalized spacial score (nSPS) is 12.0. The van der Waals surface area contributed by atoms with Gasteiger partial charge in [0.1, 0.15) is 0 Å². The van der Waals surface area contributed by atoms with Crippen molar-refractivity contribution in [1.29, 1.82) is 0 Å². The van der Waals surface area contributed by atoms with Gasteiger partial charge in [-0.15, -0.1) is 0 Å². The molecule has 0 amide bonds. The van der Waals surface area contributed by atoms with E-state index in [1.54, 1.807) is 0 Å². The molecule has 0 aliphatic heterocycles. The fourth-order valence-corrected chi connectivity index (χ4v) is 1.07. The number of carboxylic acids is 2. The third-order valence-corrected chi connectivity index (χ3v) is 3.26. The maximum atomic E-state index is 9.60. The Balaban J connectivity index is -0.000000284. The smallest absolute Gasteiger partial charge is 0.330 e. The zero-order chi connectivity index (χ0) is 19.2. The van der Waals surface area contributed by atoms with E-state index in [9.17, 15) is 9.59 Å². The van der Waals surface area contributed by atoms with Crippen LogP contribution in [0.4, 0.5) is 0 Å². The Morgan fingerprint density at radius 1 is 1.00 bits per heavy atom. The lowest BCUT2D eigenvalue weighted by Gasteiger charge is -2.29. The summed E-state index contributed by atoms with van der Waals surface area (Å²) in [5.41, 5.74) is 0.0562. The van der Waals surface area contributed by atoms with E-state index in [0.29, 0.717) is 0 Å². The molecule has 1 unspecified atom stereocenters. The summed E-state index contributed by atoms with van der Waals surface area (Å²) in [5, 5.41) is 33.9. The Kier molecular flexibility index (Phi) is 15.9. The van der Waals surface area contributed by atoms with Crippen LogP contribution in [0.3, 0.4) is 0 Å². The molecular formula is C17H32O6. The van der Waals surface area contributed by atoms with Gasteiger partial charge in [-0.25, -0.2) is 9.59 Å². The highest BCUT2D eigenvalue weighted by Gasteiger charge is 2.28. The first-order valence-electron chi connectivity index (χ1n) is 7.49. The lowest BCUT2D eigenvalue weighted by Crippen LogP contribution is -2.31. The number of aliphatic hydroxyl groups excluding tert-OH is 1. The molecule has 6 heteroatoms. The number of hydrogen-bond acceptors (Lipinski definition) is 4. The van der Waals surface area contributed by atoms with Gasteiger partial charge in [-0.2, -0.15) is 0 Å². The van der Waals surface area contributed by atoms with Crippen LogP contribution in [-0.2, 0) is 9.59 Å². The zero-order valence-electron chi connectivity index (χ0n) is 14.9. The van der Waals surface area contributed by atoms with Crippen molar-refractivity contribution in [1.82, 2.24) is 0 Å². The number of aliphatic carboxylic acids is 2. The van der Waals surface area contributed by atoms with Crippen molar-refractivity contribution >= 4 is 11.9 Å². The van der Waals surface area contributed by atoms with Crippen molar-refractivity contribution < 1.29 is 30.0 Å². The van der Waals surface area contributed by atoms with E-state index in [-0.39, 0.29) is 16.6 Å². The Hall–Kier alpha value is -1.66. The van der Waals surface area contributed by atoms with Gasteiger partial charge >= 0.3 is 11.9 Å². The number of carboxylic acid groups (broad SMARTS) is 2. The first-order chi connectivity index (χ1) is 10.4. The largest absolute Gasteiger partial charge is 0.478 e. The van der Waals surface area contributed by atoms with Gasteiger partial charge in [0.05, 0.1) is 0 Å². The summed E-state index contributed by atoms with van der Waals surface area (Å²) in [6.45, 7) is 15.2. The summed E-state index contributed by atoms with van der Waals surface area (Å²) in [7, 11) is 0. The Bertz CT molecular complexity index is 339. The molecule has 0 aromatic carbocycles. The molecule has 0 saturated heterocycles. The average Bonchev–Trinajstić information content (AvgIpc) is 2.45. The van der Waals surface area contributed by atoms with E-state index in [4.69, 9.17) is 20.4 Å². The molecule has 0 aliphatic rings. The topological polar surface area (TPSA) is 115 Å². The van der Waals surface area contributed by atoms with E-state index in [0.717, 1.165) is 25.7 Å². The summed E-state index contributed by atoms with van der Waals surface area (Å²) in [6, 6.07) is 0. The van der Waals surface area contributed by atoms with Crippen LogP contribution in [0.25, 0.3) is 0 Å². The maximum Gasteiger partial charge on any atom is 0.330 e. The lowest BCUT2D eigenvalue weighted by molar-refractivity contribution is -0.133. The third kappa shape index (κ3) is 16.5. The van der Waals surface area contributed by atoms with Gasteiger partial charge in [-0.3, -0.25) is 0 Å². The van der Waals surface area contributed by atoms with Gasteiger partial charge in [0, 0.05) is 16.6 Å². The number of aliphatic hydroxyl groups is 2. The second-order valence-corrected chi connectivity index (χ2v) is 5.66. The van der Waals surface area contributed by atoms with Crippen molar-refractivity contribution in [3.63, 3.8) is 0 Å². The van der Waals surface area contributed by atoms with Crippen molar-refractivity contribution in [2.24, 2.45) is 5.41 Å². The molecule has 0 spiro atoms. The molecule has 0 aromatic heterocycles. The summed E-state index contributed by atoms with van der Waals surface area (Å²) >= 11 is 0. The van der Waals surface area contributed by atoms with Gasteiger partial charge in [0.2, 0.25) is 0 Å². The van der Waals surface area contributed by atoms with Crippen LogP contribution in [0.5, 0.6) is 0 Å². The van der Waals surface area contributed by atoms with Gasteiger partial charge in [-0.05, 0) is 26.7 Å². The van der Waals surface area contributed by atoms with Gasteiger partial charge in [0.25, 0.3) is 0 Å². The maximum absolute atomic E-state index is 9.60. The minimum atomic E-state index is -1.17. The first-order valence-corrected chi connectivity index (χ1v) is 7.49. The molecule has 0 aromatic rings. The average molecular weight is 332 g/mol. The molecule has 0 heterocycles. The predicted octanol–water partition coefficient (Wildman–Crippen LogP) is 3.20. The zero-order valence-corrected chi connectivity index (χ0v) is 14.9. The van der Waals surface area contributed by atoms with Crippen LogP contribution in [-0.4, -0.2) is 38.7 Å². The number of unbranched alkanes of at least 4 members (excludes halogenated alkanes) is 1. The summed E-state index contributed by atoms with van der Waals surface area (Å²) < 4.78 is 0. The molecule has 0 rings (SSSR count). The summed E-state index contributed by atoms with van der Waals surface area (Å²) in [6.07, 6.45) is 2.74. The number of carbonyl (C=O) groups is 2.